The van der Waals surface area contributed by atoms with Gasteiger partial charge in [0.1, 0.15) is 16.5 Å². The molecule has 0 radical (unpaired) electrons. The van der Waals surface area contributed by atoms with Crippen molar-refractivity contribution in [2.45, 2.75) is 24.7 Å². The highest BCUT2D eigenvalue weighted by atomic mass is 32.2. The molecule has 156 valence electrons. The summed E-state index contributed by atoms with van der Waals surface area (Å²) in [5.74, 6) is -0.428. The van der Waals surface area contributed by atoms with Gasteiger partial charge in [-0.05, 0) is 61.7 Å². The highest BCUT2D eigenvalue weighted by molar-refractivity contribution is 7.89. The molecule has 1 fully saturated rings. The summed E-state index contributed by atoms with van der Waals surface area (Å²) >= 11 is 0. The first-order valence-electron chi connectivity index (χ1n) is 9.42. The van der Waals surface area contributed by atoms with E-state index in [2.05, 4.69) is 0 Å². The molecular formula is C21H25FN2O4S. The number of hydrogen-bond donors (Lipinski definition) is 0. The zero-order valence-corrected chi connectivity index (χ0v) is 17.6. The Hall–Kier alpha value is -2.45. The number of anilines is 1. The highest BCUT2D eigenvalue weighted by Crippen LogP contribution is 2.31. The first-order chi connectivity index (χ1) is 13.7. The van der Waals surface area contributed by atoms with Gasteiger partial charge in [-0.1, -0.05) is 6.07 Å². The molecule has 0 aromatic heterocycles. The molecular weight excluding hydrogens is 395 g/mol. The number of sulfonamides is 1. The molecule has 0 unspecified atom stereocenters. The molecule has 3 rings (SSSR count). The molecule has 0 N–H and O–H groups in total. The molecule has 1 amide bonds. The molecule has 2 aromatic rings. The largest absolute Gasteiger partial charge is 0.495 e. The second kappa shape index (κ2) is 8.51. The zero-order valence-electron chi connectivity index (χ0n) is 16.8. The molecule has 0 aliphatic carbocycles. The van der Waals surface area contributed by atoms with Crippen LogP contribution in [-0.4, -0.2) is 45.9 Å². The molecule has 1 aliphatic rings. The van der Waals surface area contributed by atoms with E-state index in [4.69, 9.17) is 4.74 Å². The van der Waals surface area contributed by atoms with Crippen LogP contribution in [0, 0.1) is 18.7 Å². The van der Waals surface area contributed by atoms with Gasteiger partial charge in [-0.3, -0.25) is 4.79 Å². The van der Waals surface area contributed by atoms with Gasteiger partial charge >= 0.3 is 0 Å². The second-order valence-corrected chi connectivity index (χ2v) is 9.11. The molecule has 1 heterocycles. The average molecular weight is 421 g/mol. The van der Waals surface area contributed by atoms with Gasteiger partial charge in [0.25, 0.3) is 0 Å². The number of aryl methyl sites for hydroxylation is 1. The van der Waals surface area contributed by atoms with Crippen molar-refractivity contribution in [3.63, 3.8) is 0 Å². The summed E-state index contributed by atoms with van der Waals surface area (Å²) in [7, 11) is -0.618. The number of hydrogen-bond acceptors (Lipinski definition) is 4. The van der Waals surface area contributed by atoms with Crippen molar-refractivity contribution in [1.82, 2.24) is 4.31 Å². The Kier molecular flexibility index (Phi) is 6.24. The predicted molar refractivity (Wildman–Crippen MR) is 109 cm³/mol. The van der Waals surface area contributed by atoms with Crippen LogP contribution in [0.5, 0.6) is 5.75 Å². The summed E-state index contributed by atoms with van der Waals surface area (Å²) in [4.78, 5) is 14.4. The fourth-order valence-electron chi connectivity index (χ4n) is 3.53. The Morgan fingerprint density at radius 3 is 2.34 bits per heavy atom. The van der Waals surface area contributed by atoms with Crippen molar-refractivity contribution in [3.8, 4) is 5.75 Å². The van der Waals surface area contributed by atoms with E-state index in [1.165, 1.54) is 28.4 Å². The van der Waals surface area contributed by atoms with Crippen molar-refractivity contribution >= 4 is 21.6 Å². The molecule has 0 bridgehead atoms. The van der Waals surface area contributed by atoms with Crippen molar-refractivity contribution in [1.29, 1.82) is 0 Å². The Balaban J connectivity index is 1.70. The molecule has 0 saturated carbocycles. The monoisotopic (exact) mass is 420 g/mol. The van der Waals surface area contributed by atoms with E-state index >= 15 is 0 Å². The highest BCUT2D eigenvalue weighted by Gasteiger charge is 2.34. The van der Waals surface area contributed by atoms with E-state index in [0.29, 0.717) is 24.3 Å². The van der Waals surface area contributed by atoms with E-state index in [9.17, 15) is 17.6 Å². The number of nitrogens with zero attached hydrogens (tertiary/aromatic N) is 2. The number of benzene rings is 2. The molecule has 0 spiro atoms. The van der Waals surface area contributed by atoms with Crippen LogP contribution >= 0.6 is 0 Å². The van der Waals surface area contributed by atoms with Gasteiger partial charge in [0.2, 0.25) is 15.9 Å². The standard InChI is InChI=1S/C21H25FN2O4S/c1-15-4-9-19(28-3)20(14-15)29(26,27)24-12-10-16(11-13-24)21(25)23(2)18-7-5-17(22)6-8-18/h4-9,14,16H,10-13H2,1-3H3. The minimum absolute atomic E-state index is 0.0956. The van der Waals surface area contributed by atoms with Crippen LogP contribution in [0.15, 0.2) is 47.4 Å². The van der Waals surface area contributed by atoms with Crippen LogP contribution in [0.25, 0.3) is 0 Å². The number of ether oxygens (including phenoxy) is 1. The molecule has 8 heteroatoms. The van der Waals surface area contributed by atoms with E-state index in [0.717, 1.165) is 5.56 Å². The Labute approximate surface area is 170 Å². The Morgan fingerprint density at radius 1 is 1.14 bits per heavy atom. The third kappa shape index (κ3) is 4.43. The number of amides is 1. The topological polar surface area (TPSA) is 66.9 Å². The number of methoxy groups -OCH3 is 1. The molecule has 1 aliphatic heterocycles. The summed E-state index contributed by atoms with van der Waals surface area (Å²) in [6.07, 6.45) is 0.857. The average Bonchev–Trinajstić information content (AvgIpc) is 2.73. The molecule has 1 saturated heterocycles. The van der Waals surface area contributed by atoms with Gasteiger partial charge in [0.05, 0.1) is 7.11 Å². The Morgan fingerprint density at radius 2 is 1.76 bits per heavy atom. The maximum atomic E-state index is 13.1. The first-order valence-corrected chi connectivity index (χ1v) is 10.9. The van der Waals surface area contributed by atoms with Crippen LogP contribution < -0.4 is 9.64 Å². The van der Waals surface area contributed by atoms with Gasteiger partial charge in [0.15, 0.2) is 0 Å². The van der Waals surface area contributed by atoms with Gasteiger partial charge in [-0.2, -0.15) is 4.31 Å². The summed E-state index contributed by atoms with van der Waals surface area (Å²) in [5.41, 5.74) is 1.44. The lowest BCUT2D eigenvalue weighted by Gasteiger charge is -2.32. The van der Waals surface area contributed by atoms with Crippen LogP contribution in [0.4, 0.5) is 10.1 Å². The van der Waals surface area contributed by atoms with Gasteiger partial charge < -0.3 is 9.64 Å². The molecule has 2 aromatic carbocycles. The van der Waals surface area contributed by atoms with Crippen molar-refractivity contribution in [2.24, 2.45) is 5.92 Å². The van der Waals surface area contributed by atoms with Gasteiger partial charge in [-0.25, -0.2) is 12.8 Å². The van der Waals surface area contributed by atoms with E-state index < -0.39 is 10.0 Å². The minimum atomic E-state index is -3.71. The third-order valence-electron chi connectivity index (χ3n) is 5.28. The molecule has 6 nitrogen and oxygen atoms in total. The lowest BCUT2D eigenvalue weighted by molar-refractivity contribution is -0.123. The van der Waals surface area contributed by atoms with E-state index in [1.807, 2.05) is 6.92 Å². The lowest BCUT2D eigenvalue weighted by Crippen LogP contribution is -2.43. The number of rotatable bonds is 5. The zero-order chi connectivity index (χ0) is 21.2. The molecule has 0 atom stereocenters. The summed E-state index contributed by atoms with van der Waals surface area (Å²) in [6.45, 7) is 2.34. The minimum Gasteiger partial charge on any atom is -0.495 e. The predicted octanol–water partition coefficient (Wildman–Crippen LogP) is 3.21. The quantitative estimate of drug-likeness (QED) is 0.745. The smallest absolute Gasteiger partial charge is 0.246 e. The SMILES string of the molecule is COc1ccc(C)cc1S(=O)(=O)N1CCC(C(=O)N(C)c2ccc(F)cc2)CC1. The van der Waals surface area contributed by atoms with Crippen molar-refractivity contribution in [3.05, 3.63) is 53.8 Å². The van der Waals surface area contributed by atoms with E-state index in [1.54, 1.807) is 37.4 Å². The van der Waals surface area contributed by atoms with Gasteiger partial charge in [-0.15, -0.1) is 0 Å². The number of carbonyl (C=O) groups is 1. The van der Waals surface area contributed by atoms with Crippen LogP contribution in [0.3, 0.4) is 0 Å². The van der Waals surface area contributed by atoms with E-state index in [-0.39, 0.29) is 35.6 Å². The summed E-state index contributed by atoms with van der Waals surface area (Å²) in [6, 6.07) is 10.8. The Bertz CT molecular complexity index is 984. The second-order valence-electron chi connectivity index (χ2n) is 7.21. The summed E-state index contributed by atoms with van der Waals surface area (Å²) < 4.78 is 45.9. The fourth-order valence-corrected chi connectivity index (χ4v) is 5.24. The normalized spacial score (nSPS) is 15.9. The van der Waals surface area contributed by atoms with Crippen LogP contribution in [0.1, 0.15) is 18.4 Å². The number of halogens is 1. The van der Waals surface area contributed by atoms with Gasteiger partial charge in [0, 0.05) is 31.7 Å². The maximum Gasteiger partial charge on any atom is 0.246 e. The summed E-state index contributed by atoms with van der Waals surface area (Å²) in [5, 5.41) is 0. The first kappa shape index (κ1) is 21.3. The van der Waals surface area contributed by atoms with Crippen molar-refractivity contribution in [2.75, 3.05) is 32.1 Å². The molecule has 29 heavy (non-hydrogen) atoms. The maximum absolute atomic E-state index is 13.1. The third-order valence-corrected chi connectivity index (χ3v) is 7.20. The number of carbonyl (C=O) groups excluding carboxylic acids is 1. The lowest BCUT2D eigenvalue weighted by atomic mass is 9.96. The number of piperidine rings is 1. The van der Waals surface area contributed by atoms with Crippen LogP contribution in [0.2, 0.25) is 0 Å². The van der Waals surface area contributed by atoms with Crippen LogP contribution in [-0.2, 0) is 14.8 Å². The van der Waals surface area contributed by atoms with Crippen molar-refractivity contribution < 1.29 is 22.3 Å². The fraction of sp³-hybridized carbons (Fsp3) is 0.381.